The molecule has 266 valence electrons. The van der Waals surface area contributed by atoms with Crippen molar-refractivity contribution in [2.24, 2.45) is 0 Å². The van der Waals surface area contributed by atoms with Gasteiger partial charge in [-0.25, -0.2) is 4.98 Å². The van der Waals surface area contributed by atoms with E-state index in [1.807, 2.05) is 43.5 Å². The molecule has 4 aromatic carbocycles. The van der Waals surface area contributed by atoms with Crippen molar-refractivity contribution in [2.75, 3.05) is 0 Å². The number of phenolic OH excluding ortho intramolecular Hbond substituents is 1. The summed E-state index contributed by atoms with van der Waals surface area (Å²) in [7, 11) is 0. The van der Waals surface area contributed by atoms with Crippen molar-refractivity contribution in [3.63, 3.8) is 0 Å². The van der Waals surface area contributed by atoms with Gasteiger partial charge in [0.2, 0.25) is 0 Å². The quantitative estimate of drug-likeness (QED) is 0.176. The number of para-hydroxylation sites is 1. The predicted molar refractivity (Wildman–Crippen MR) is 211 cm³/mol. The van der Waals surface area contributed by atoms with E-state index in [4.69, 9.17) is 14.1 Å². The number of pyridine rings is 1. The normalized spacial score (nSPS) is 13.3. The summed E-state index contributed by atoms with van der Waals surface area (Å²) in [6.45, 7) is 23.5. The molecule has 2 aromatic heterocycles. The van der Waals surface area contributed by atoms with Crippen LogP contribution >= 0.6 is 0 Å². The molecule has 0 atom stereocenters. The van der Waals surface area contributed by atoms with Crippen molar-refractivity contribution in [2.45, 2.75) is 92.3 Å². The van der Waals surface area contributed by atoms with Crippen molar-refractivity contribution in [1.82, 2.24) is 14.5 Å². The zero-order valence-electron chi connectivity index (χ0n) is 34.4. The Bertz CT molecular complexity index is 2350. The molecule has 0 radical (unpaired) electrons. The molecule has 51 heavy (non-hydrogen) atoms. The molecule has 5 heteroatoms. The van der Waals surface area contributed by atoms with Gasteiger partial charge in [-0.3, -0.25) is 9.55 Å². The first-order valence-electron chi connectivity index (χ1n) is 18.7. The van der Waals surface area contributed by atoms with Crippen LogP contribution in [0.25, 0.3) is 56.1 Å². The topological polar surface area (TPSA) is 50.9 Å². The minimum atomic E-state index is -2.37. The van der Waals surface area contributed by atoms with Gasteiger partial charge in [-0.2, -0.15) is 0 Å². The van der Waals surface area contributed by atoms with E-state index in [0.29, 0.717) is 16.9 Å². The van der Waals surface area contributed by atoms with Crippen LogP contribution in [0.1, 0.15) is 101 Å². The number of nitrogens with zero attached hydrogens (tertiary/aromatic N) is 3. The molecule has 0 aliphatic rings. The predicted octanol–water partition coefficient (Wildman–Crippen LogP) is 12.2. The molecule has 1 N–H and O–H groups in total. The molecule has 0 saturated carbocycles. The third-order valence-corrected chi connectivity index (χ3v) is 9.38. The number of phenols is 1. The smallest absolute Gasteiger partial charge is 0.148 e. The Morgan fingerprint density at radius 2 is 1.39 bits per heavy atom. The van der Waals surface area contributed by atoms with Crippen LogP contribution in [0.15, 0.2) is 91.6 Å². The van der Waals surface area contributed by atoms with Gasteiger partial charge < -0.3 is 5.11 Å². The molecular weight excluding hydrogens is 806 g/mol. The van der Waals surface area contributed by atoms with Crippen molar-refractivity contribution in [1.29, 1.82) is 0 Å². The van der Waals surface area contributed by atoms with Gasteiger partial charge in [0.05, 0.1) is 16.6 Å². The minimum absolute atomic E-state index is 0. The van der Waals surface area contributed by atoms with Crippen molar-refractivity contribution < 1.29 is 30.3 Å². The van der Waals surface area contributed by atoms with E-state index in [0.717, 1.165) is 61.4 Å². The fourth-order valence-corrected chi connectivity index (χ4v) is 6.21. The van der Waals surface area contributed by atoms with Crippen LogP contribution in [0.5, 0.6) is 5.75 Å². The molecule has 0 saturated heterocycles. The second kappa shape index (κ2) is 13.7. The molecule has 0 unspecified atom stereocenters. The number of fused-ring (bicyclic) bond motifs is 1. The zero-order valence-corrected chi connectivity index (χ0v) is 33.7. The van der Waals surface area contributed by atoms with E-state index in [9.17, 15) is 5.11 Å². The summed E-state index contributed by atoms with van der Waals surface area (Å²) in [5.41, 5.74) is 11.2. The fourth-order valence-electron chi connectivity index (χ4n) is 6.21. The number of allylic oxidation sites excluding steroid dienone is 1. The van der Waals surface area contributed by atoms with Crippen molar-refractivity contribution in [3.8, 4) is 45.2 Å². The number of aromatic hydroxyl groups is 1. The first kappa shape index (κ1) is 33.8. The van der Waals surface area contributed by atoms with E-state index in [1.54, 1.807) is 6.07 Å². The van der Waals surface area contributed by atoms with Crippen LogP contribution in [-0.4, -0.2) is 19.6 Å². The van der Waals surface area contributed by atoms with E-state index < -0.39 is 6.85 Å². The summed E-state index contributed by atoms with van der Waals surface area (Å²) in [4.78, 5) is 10.0. The zero-order chi connectivity index (χ0) is 38.8. The molecule has 6 aromatic rings. The van der Waals surface area contributed by atoms with Gasteiger partial charge >= 0.3 is 0 Å². The van der Waals surface area contributed by atoms with Gasteiger partial charge in [0.15, 0.2) is 0 Å². The molecule has 6 rings (SSSR count). The molecular formula is C46H50N3OPt-. The van der Waals surface area contributed by atoms with Crippen LogP contribution in [-0.2, 0) is 37.3 Å². The Morgan fingerprint density at radius 1 is 0.765 bits per heavy atom. The maximum absolute atomic E-state index is 11.4. The van der Waals surface area contributed by atoms with Gasteiger partial charge in [0, 0.05) is 42.8 Å². The Kier molecular flexibility index (Phi) is 9.09. The summed E-state index contributed by atoms with van der Waals surface area (Å²) in [5.74, 6) is 0.399. The minimum Gasteiger partial charge on any atom is -0.507 e. The number of rotatable bonds is 5. The second-order valence-corrected chi connectivity index (χ2v) is 16.6. The third-order valence-electron chi connectivity index (χ3n) is 9.38. The van der Waals surface area contributed by atoms with Crippen LogP contribution in [0.4, 0.5) is 0 Å². The number of benzene rings is 4. The molecule has 2 heterocycles. The first-order chi connectivity index (χ1) is 24.5. The van der Waals surface area contributed by atoms with E-state index in [2.05, 4.69) is 110 Å². The standard InChI is InChI=1S/C46H50N3O.Pt/c1-28(2)30-18-19-47-39(24-30)32-21-31(22-33(23-32)44(4,5)6)37-14-13-15-40-42(37)48-43(38-20-29(3)16-17-41(38)50)49(40)36-26-34(45(7,8)9)25-35(27-36)46(10,11)12;/h13-20,22-27,50H,1H2,2-12H3;/q-1;/i3D3;. The number of aryl methyl sites for hydroxylation is 1. The maximum Gasteiger partial charge on any atom is 0.148 e. The summed E-state index contributed by atoms with van der Waals surface area (Å²) < 4.78 is 26.6. The van der Waals surface area contributed by atoms with Gasteiger partial charge in [-0.1, -0.05) is 121 Å². The fraction of sp³-hybridized carbons (Fsp3) is 0.304. The third kappa shape index (κ3) is 7.68. The van der Waals surface area contributed by atoms with E-state index >= 15 is 0 Å². The van der Waals surface area contributed by atoms with E-state index in [-0.39, 0.29) is 48.6 Å². The largest absolute Gasteiger partial charge is 0.507 e. The molecule has 4 nitrogen and oxygen atoms in total. The summed E-state index contributed by atoms with van der Waals surface area (Å²) in [5, 5.41) is 11.4. The maximum atomic E-state index is 11.4. The number of hydrogen-bond acceptors (Lipinski definition) is 3. The average Bonchev–Trinajstić information content (AvgIpc) is 3.46. The Morgan fingerprint density at radius 3 is 2.00 bits per heavy atom. The average molecular weight is 859 g/mol. The molecule has 0 spiro atoms. The van der Waals surface area contributed by atoms with Crippen LogP contribution < -0.4 is 0 Å². The Hall–Kier alpha value is -4.27. The molecule has 0 bridgehead atoms. The number of hydrogen-bond donors (Lipinski definition) is 1. The first-order valence-corrected chi connectivity index (χ1v) is 17.2. The van der Waals surface area contributed by atoms with Crippen molar-refractivity contribution in [3.05, 3.63) is 126 Å². The number of aromatic nitrogens is 3. The van der Waals surface area contributed by atoms with Crippen LogP contribution in [0.3, 0.4) is 0 Å². The summed E-state index contributed by atoms with van der Waals surface area (Å²) in [6.07, 6.45) is 1.81. The summed E-state index contributed by atoms with van der Waals surface area (Å²) in [6, 6.07) is 29.2. The van der Waals surface area contributed by atoms with E-state index in [1.165, 1.54) is 12.1 Å². The number of imidazole rings is 1. The summed E-state index contributed by atoms with van der Waals surface area (Å²) >= 11 is 0. The van der Waals surface area contributed by atoms with Gasteiger partial charge in [0.1, 0.15) is 11.6 Å². The SMILES string of the molecule is [2H]C([2H])([2H])c1ccc(O)c(-c2nc3c(-c4[c-]c(-c5cc(C(=C)C)ccn5)cc(C(C)(C)C)c4)cccc3n2-c2cc(C(C)(C)C)cc(C(C)(C)C)c2)c1.[Pt]. The molecule has 0 amide bonds. The Labute approximate surface area is 323 Å². The van der Waals surface area contributed by atoms with Crippen LogP contribution in [0.2, 0.25) is 0 Å². The van der Waals surface area contributed by atoms with Crippen LogP contribution in [0, 0.1) is 12.9 Å². The van der Waals surface area contributed by atoms with Gasteiger partial charge in [-0.15, -0.1) is 29.3 Å². The second-order valence-electron chi connectivity index (χ2n) is 16.6. The molecule has 0 aliphatic heterocycles. The molecule has 0 aliphatic carbocycles. The Balaban J connectivity index is 0.00000561. The van der Waals surface area contributed by atoms with Crippen molar-refractivity contribution >= 4 is 16.6 Å². The van der Waals surface area contributed by atoms with Gasteiger partial charge in [0.25, 0.3) is 0 Å². The molecule has 0 fully saturated rings. The monoisotopic (exact) mass is 858 g/mol. The van der Waals surface area contributed by atoms with Gasteiger partial charge in [-0.05, 0) is 83.1 Å².